The molecule has 2 aromatic carbocycles. The zero-order valence-electron chi connectivity index (χ0n) is 18.2. The first-order valence-electron chi connectivity index (χ1n) is 10.4. The van der Waals surface area contributed by atoms with Gasteiger partial charge in [0.1, 0.15) is 11.5 Å². The minimum Gasteiger partial charge on any atom is -0.507 e. The lowest BCUT2D eigenvalue weighted by Crippen LogP contribution is -2.32. The molecule has 1 aliphatic heterocycles. The predicted octanol–water partition coefficient (Wildman–Crippen LogP) is 3.17. The van der Waals surface area contributed by atoms with E-state index < -0.39 is 0 Å². The summed E-state index contributed by atoms with van der Waals surface area (Å²) in [6.45, 7) is 4.73. The molecule has 0 fully saturated rings. The molecule has 162 valence electrons. The highest BCUT2D eigenvalue weighted by Gasteiger charge is 2.25. The summed E-state index contributed by atoms with van der Waals surface area (Å²) in [7, 11) is 3.62. The number of phenols is 1. The van der Waals surface area contributed by atoms with E-state index >= 15 is 0 Å². The molecular weight excluding hydrogens is 394 g/mol. The Balaban J connectivity index is 1.88. The van der Waals surface area contributed by atoms with E-state index in [0.29, 0.717) is 22.8 Å². The number of phenolic OH excluding ortho intramolecular Hbond substituents is 1. The largest absolute Gasteiger partial charge is 0.507 e. The second-order valence-corrected chi connectivity index (χ2v) is 8.03. The number of fused-ring (bicyclic) bond motifs is 1. The van der Waals surface area contributed by atoms with Crippen LogP contribution in [0.15, 0.2) is 36.4 Å². The summed E-state index contributed by atoms with van der Waals surface area (Å²) in [6.07, 6.45) is 1.96. The van der Waals surface area contributed by atoms with Gasteiger partial charge < -0.3 is 20.1 Å². The van der Waals surface area contributed by atoms with E-state index in [4.69, 9.17) is 4.74 Å². The first-order chi connectivity index (χ1) is 14.9. The van der Waals surface area contributed by atoms with Crippen molar-refractivity contribution in [2.75, 3.05) is 25.6 Å². The summed E-state index contributed by atoms with van der Waals surface area (Å²) in [5.41, 5.74) is 3.39. The number of benzene rings is 2. The highest BCUT2D eigenvalue weighted by Crippen LogP contribution is 2.38. The normalized spacial score (nSPS) is 13.3. The number of nitrogens with zero attached hydrogens (tertiary/aromatic N) is 4. The number of aryl methyl sites for hydroxylation is 1. The van der Waals surface area contributed by atoms with Crippen LogP contribution in [0.3, 0.4) is 0 Å². The monoisotopic (exact) mass is 421 g/mol. The Bertz CT molecular complexity index is 1110. The van der Waals surface area contributed by atoms with Gasteiger partial charge in [-0.25, -0.2) is 0 Å². The SMILES string of the molecule is COc1ccc(-n2c(C(=O)NC(C)C)nnc2-c2cc3c(cc2O)N(C)CCC3)cc1. The number of aromatic hydroxyl groups is 1. The van der Waals surface area contributed by atoms with Crippen molar-refractivity contribution >= 4 is 11.6 Å². The molecule has 0 spiro atoms. The molecule has 2 heterocycles. The molecule has 8 nitrogen and oxygen atoms in total. The Morgan fingerprint density at radius 1 is 1.19 bits per heavy atom. The van der Waals surface area contributed by atoms with Gasteiger partial charge in [-0.15, -0.1) is 10.2 Å². The number of methoxy groups -OCH3 is 1. The number of hydrogen-bond donors (Lipinski definition) is 2. The lowest BCUT2D eigenvalue weighted by atomic mass is 9.98. The first-order valence-corrected chi connectivity index (χ1v) is 10.4. The van der Waals surface area contributed by atoms with E-state index in [0.717, 1.165) is 30.6 Å². The van der Waals surface area contributed by atoms with E-state index in [9.17, 15) is 9.90 Å². The number of amides is 1. The molecule has 4 rings (SSSR count). The third kappa shape index (κ3) is 3.93. The second kappa shape index (κ2) is 8.29. The minimum atomic E-state index is -0.332. The van der Waals surface area contributed by atoms with E-state index in [-0.39, 0.29) is 23.5 Å². The quantitative estimate of drug-likeness (QED) is 0.657. The maximum Gasteiger partial charge on any atom is 0.289 e. The smallest absolute Gasteiger partial charge is 0.289 e. The molecule has 1 amide bonds. The van der Waals surface area contributed by atoms with Crippen molar-refractivity contribution < 1.29 is 14.6 Å². The van der Waals surface area contributed by atoms with E-state index in [1.807, 2.05) is 51.2 Å². The molecule has 0 radical (unpaired) electrons. The van der Waals surface area contributed by atoms with Crippen LogP contribution in [0.5, 0.6) is 11.5 Å². The van der Waals surface area contributed by atoms with Crippen LogP contribution in [0.4, 0.5) is 5.69 Å². The number of aromatic nitrogens is 3. The first kappa shape index (κ1) is 20.7. The molecular formula is C23H27N5O3. The molecule has 1 aliphatic rings. The van der Waals surface area contributed by atoms with Gasteiger partial charge in [0.15, 0.2) is 5.82 Å². The van der Waals surface area contributed by atoms with E-state index in [1.54, 1.807) is 17.7 Å². The van der Waals surface area contributed by atoms with Crippen LogP contribution in [0.2, 0.25) is 0 Å². The maximum atomic E-state index is 12.8. The van der Waals surface area contributed by atoms with Gasteiger partial charge in [-0.2, -0.15) is 0 Å². The molecule has 0 saturated heterocycles. The van der Waals surface area contributed by atoms with Gasteiger partial charge >= 0.3 is 0 Å². The lowest BCUT2D eigenvalue weighted by molar-refractivity contribution is 0.0930. The highest BCUT2D eigenvalue weighted by molar-refractivity contribution is 5.92. The summed E-state index contributed by atoms with van der Waals surface area (Å²) < 4.78 is 6.93. The molecule has 1 aromatic heterocycles. The van der Waals surface area contributed by atoms with Crippen LogP contribution in [-0.4, -0.2) is 52.5 Å². The Labute approximate surface area is 181 Å². The highest BCUT2D eigenvalue weighted by atomic mass is 16.5. The molecule has 31 heavy (non-hydrogen) atoms. The summed E-state index contributed by atoms with van der Waals surface area (Å²) in [5, 5.41) is 22.2. The Morgan fingerprint density at radius 2 is 1.94 bits per heavy atom. The predicted molar refractivity (Wildman–Crippen MR) is 119 cm³/mol. The third-order valence-corrected chi connectivity index (χ3v) is 5.41. The zero-order chi connectivity index (χ0) is 22.1. The van der Waals surface area contributed by atoms with Gasteiger partial charge in [-0.3, -0.25) is 9.36 Å². The van der Waals surface area contributed by atoms with Crippen molar-refractivity contribution in [3.63, 3.8) is 0 Å². The van der Waals surface area contributed by atoms with Crippen molar-refractivity contribution in [3.8, 4) is 28.6 Å². The fraction of sp³-hybridized carbons (Fsp3) is 0.348. The van der Waals surface area contributed by atoms with E-state index in [1.165, 1.54) is 0 Å². The van der Waals surface area contributed by atoms with Gasteiger partial charge in [0, 0.05) is 37.1 Å². The summed E-state index contributed by atoms with van der Waals surface area (Å²) >= 11 is 0. The Morgan fingerprint density at radius 3 is 2.61 bits per heavy atom. The van der Waals surface area contributed by atoms with Crippen molar-refractivity contribution in [2.45, 2.75) is 32.7 Å². The zero-order valence-corrected chi connectivity index (χ0v) is 18.2. The molecule has 0 unspecified atom stereocenters. The summed E-state index contributed by atoms with van der Waals surface area (Å²) in [4.78, 5) is 15.0. The number of nitrogens with one attached hydrogen (secondary N) is 1. The Kier molecular flexibility index (Phi) is 5.54. The van der Waals surface area contributed by atoms with Crippen molar-refractivity contribution in [1.29, 1.82) is 0 Å². The number of carbonyl (C=O) groups is 1. The molecule has 0 bridgehead atoms. The molecule has 8 heteroatoms. The topological polar surface area (TPSA) is 92.5 Å². The molecule has 0 aliphatic carbocycles. The summed E-state index contributed by atoms with van der Waals surface area (Å²) in [5.74, 6) is 1.04. The molecule has 2 N–H and O–H groups in total. The molecule has 0 atom stereocenters. The van der Waals surface area contributed by atoms with Crippen LogP contribution in [0.1, 0.15) is 36.5 Å². The fourth-order valence-electron chi connectivity index (χ4n) is 3.89. The van der Waals surface area contributed by atoms with Crippen LogP contribution < -0.4 is 15.0 Å². The van der Waals surface area contributed by atoms with Crippen LogP contribution in [0.25, 0.3) is 17.1 Å². The van der Waals surface area contributed by atoms with Crippen LogP contribution >= 0.6 is 0 Å². The minimum absolute atomic E-state index is 0.0512. The summed E-state index contributed by atoms with van der Waals surface area (Å²) in [6, 6.07) is 11.0. The standard InChI is InChI=1S/C23H27N5O3/c1-14(2)24-23(30)22-26-25-21(28(22)16-7-9-17(31-4)10-8-16)18-12-15-6-5-11-27(3)19(15)13-20(18)29/h7-10,12-14,29H,5-6,11H2,1-4H3,(H,24,30). The average molecular weight is 422 g/mol. The second-order valence-electron chi connectivity index (χ2n) is 8.03. The molecule has 3 aromatic rings. The third-order valence-electron chi connectivity index (χ3n) is 5.41. The number of rotatable bonds is 5. The van der Waals surface area contributed by atoms with Crippen molar-refractivity contribution in [1.82, 2.24) is 20.1 Å². The van der Waals surface area contributed by atoms with Gasteiger partial charge in [-0.05, 0) is 62.6 Å². The van der Waals surface area contributed by atoms with Crippen LogP contribution in [0, 0.1) is 0 Å². The Hall–Kier alpha value is -3.55. The number of carbonyl (C=O) groups excluding carboxylic acids is 1. The number of hydrogen-bond acceptors (Lipinski definition) is 6. The molecule has 0 saturated carbocycles. The van der Waals surface area contributed by atoms with Gasteiger partial charge in [0.2, 0.25) is 5.82 Å². The average Bonchev–Trinajstić information content (AvgIpc) is 3.18. The fourth-order valence-corrected chi connectivity index (χ4v) is 3.89. The van der Waals surface area contributed by atoms with E-state index in [2.05, 4.69) is 20.4 Å². The number of ether oxygens (including phenoxy) is 1. The van der Waals surface area contributed by atoms with Crippen molar-refractivity contribution in [3.05, 3.63) is 47.8 Å². The lowest BCUT2D eigenvalue weighted by Gasteiger charge is -2.28. The van der Waals surface area contributed by atoms with Gasteiger partial charge in [-0.1, -0.05) is 0 Å². The van der Waals surface area contributed by atoms with Crippen LogP contribution in [-0.2, 0) is 6.42 Å². The van der Waals surface area contributed by atoms with Gasteiger partial charge in [0.05, 0.1) is 12.7 Å². The maximum absolute atomic E-state index is 12.8. The number of anilines is 1. The van der Waals surface area contributed by atoms with Crippen molar-refractivity contribution in [2.24, 2.45) is 0 Å². The van der Waals surface area contributed by atoms with Gasteiger partial charge in [0.25, 0.3) is 5.91 Å².